The standard InChI is InChI=1S/C17H26N2O2/c1-12(2)15-5-4-6-16(8-15)21-11-17(20)19-10-14(9-18)7-13(19)3/h4-6,8,12-14H,7,9-11,18H2,1-3H3. The molecule has 1 amide bonds. The van der Waals surface area contributed by atoms with Gasteiger partial charge in [-0.1, -0.05) is 26.0 Å². The molecule has 2 rings (SSSR count). The number of nitrogens with zero attached hydrogens (tertiary/aromatic N) is 1. The van der Waals surface area contributed by atoms with Gasteiger partial charge in [0.1, 0.15) is 5.75 Å². The van der Waals surface area contributed by atoms with E-state index in [0.717, 1.165) is 18.7 Å². The fourth-order valence-corrected chi connectivity index (χ4v) is 2.85. The molecule has 0 radical (unpaired) electrons. The van der Waals surface area contributed by atoms with Gasteiger partial charge in [0.05, 0.1) is 0 Å². The predicted molar refractivity (Wildman–Crippen MR) is 84.4 cm³/mol. The topological polar surface area (TPSA) is 55.6 Å². The maximum absolute atomic E-state index is 12.3. The highest BCUT2D eigenvalue weighted by Crippen LogP contribution is 2.23. The molecular weight excluding hydrogens is 264 g/mol. The van der Waals surface area contributed by atoms with Crippen LogP contribution < -0.4 is 10.5 Å². The van der Waals surface area contributed by atoms with E-state index in [2.05, 4.69) is 26.8 Å². The van der Waals surface area contributed by atoms with Gasteiger partial charge in [-0.15, -0.1) is 0 Å². The molecule has 1 aliphatic rings. The van der Waals surface area contributed by atoms with Crippen LogP contribution in [0, 0.1) is 5.92 Å². The molecule has 1 aromatic rings. The van der Waals surface area contributed by atoms with Crippen LogP contribution in [0.5, 0.6) is 5.75 Å². The highest BCUT2D eigenvalue weighted by atomic mass is 16.5. The van der Waals surface area contributed by atoms with Crippen LogP contribution in [0.25, 0.3) is 0 Å². The smallest absolute Gasteiger partial charge is 0.260 e. The second-order valence-electron chi connectivity index (χ2n) is 6.25. The Hall–Kier alpha value is -1.55. The van der Waals surface area contributed by atoms with Crippen LogP contribution >= 0.6 is 0 Å². The summed E-state index contributed by atoms with van der Waals surface area (Å²) in [4.78, 5) is 14.2. The summed E-state index contributed by atoms with van der Waals surface area (Å²) in [5.74, 6) is 1.69. The summed E-state index contributed by atoms with van der Waals surface area (Å²) in [7, 11) is 0. The van der Waals surface area contributed by atoms with E-state index < -0.39 is 0 Å². The van der Waals surface area contributed by atoms with Crippen LogP contribution in [0.1, 0.15) is 38.7 Å². The molecule has 0 spiro atoms. The normalized spacial score (nSPS) is 21.9. The molecule has 1 heterocycles. The SMILES string of the molecule is CC(C)c1cccc(OCC(=O)N2CC(CN)CC2C)c1. The first-order valence-corrected chi connectivity index (χ1v) is 7.73. The van der Waals surface area contributed by atoms with Crippen LogP contribution in [0.15, 0.2) is 24.3 Å². The summed E-state index contributed by atoms with van der Waals surface area (Å²) in [6, 6.07) is 8.21. The van der Waals surface area contributed by atoms with Crippen LogP contribution in [-0.2, 0) is 4.79 Å². The number of hydrogen-bond acceptors (Lipinski definition) is 3. The molecule has 2 N–H and O–H groups in total. The minimum atomic E-state index is 0.0494. The van der Waals surface area contributed by atoms with Crippen molar-refractivity contribution in [3.05, 3.63) is 29.8 Å². The number of nitrogens with two attached hydrogens (primary N) is 1. The van der Waals surface area contributed by atoms with Crippen molar-refractivity contribution in [1.29, 1.82) is 0 Å². The summed E-state index contributed by atoms with van der Waals surface area (Å²) in [6.07, 6.45) is 0.991. The number of ether oxygens (including phenoxy) is 1. The zero-order valence-corrected chi connectivity index (χ0v) is 13.2. The summed E-state index contributed by atoms with van der Waals surface area (Å²) in [5, 5.41) is 0. The first-order chi connectivity index (χ1) is 10.0. The van der Waals surface area contributed by atoms with E-state index >= 15 is 0 Å². The summed E-state index contributed by atoms with van der Waals surface area (Å²) >= 11 is 0. The van der Waals surface area contributed by atoms with Crippen molar-refractivity contribution in [3.8, 4) is 5.75 Å². The largest absolute Gasteiger partial charge is 0.484 e. The molecule has 4 nitrogen and oxygen atoms in total. The molecule has 1 aliphatic heterocycles. The number of carbonyl (C=O) groups is 1. The summed E-state index contributed by atoms with van der Waals surface area (Å²) in [5.41, 5.74) is 6.92. The fourth-order valence-electron chi connectivity index (χ4n) is 2.85. The van der Waals surface area contributed by atoms with Crippen LogP contribution in [0.3, 0.4) is 0 Å². The van der Waals surface area contributed by atoms with Crippen molar-refractivity contribution in [2.24, 2.45) is 11.7 Å². The molecular formula is C17H26N2O2. The van der Waals surface area contributed by atoms with Crippen molar-refractivity contribution in [2.75, 3.05) is 19.7 Å². The minimum absolute atomic E-state index is 0.0494. The average molecular weight is 290 g/mol. The molecule has 1 fully saturated rings. The highest BCUT2D eigenvalue weighted by Gasteiger charge is 2.31. The Balaban J connectivity index is 1.91. The van der Waals surface area contributed by atoms with Crippen molar-refractivity contribution in [1.82, 2.24) is 4.90 Å². The van der Waals surface area contributed by atoms with Crippen molar-refractivity contribution in [3.63, 3.8) is 0 Å². The Morgan fingerprint density at radius 1 is 1.48 bits per heavy atom. The Labute approximate surface area is 127 Å². The lowest BCUT2D eigenvalue weighted by Gasteiger charge is -2.21. The van der Waals surface area contributed by atoms with E-state index in [9.17, 15) is 4.79 Å². The average Bonchev–Trinajstić information content (AvgIpc) is 2.86. The second kappa shape index (κ2) is 6.94. The maximum atomic E-state index is 12.3. The first-order valence-electron chi connectivity index (χ1n) is 7.73. The van der Waals surface area contributed by atoms with Gasteiger partial charge >= 0.3 is 0 Å². The maximum Gasteiger partial charge on any atom is 0.260 e. The Kier molecular flexibility index (Phi) is 5.23. The molecule has 0 aromatic heterocycles. The van der Waals surface area contributed by atoms with Crippen molar-refractivity contribution < 1.29 is 9.53 Å². The van der Waals surface area contributed by atoms with Crippen LogP contribution in [-0.4, -0.2) is 36.5 Å². The van der Waals surface area contributed by atoms with Gasteiger partial charge < -0.3 is 15.4 Å². The third kappa shape index (κ3) is 3.97. The van der Waals surface area contributed by atoms with E-state index in [1.165, 1.54) is 5.56 Å². The van der Waals surface area contributed by atoms with E-state index in [4.69, 9.17) is 10.5 Å². The van der Waals surface area contributed by atoms with Crippen molar-refractivity contribution in [2.45, 2.75) is 39.2 Å². The number of likely N-dealkylation sites (tertiary alicyclic amines) is 1. The molecule has 0 bridgehead atoms. The Morgan fingerprint density at radius 2 is 2.24 bits per heavy atom. The molecule has 0 saturated carbocycles. The predicted octanol–water partition coefficient (Wildman–Crippen LogP) is 2.38. The van der Waals surface area contributed by atoms with E-state index in [0.29, 0.717) is 18.4 Å². The van der Waals surface area contributed by atoms with E-state index in [1.54, 1.807) is 0 Å². The number of hydrogen-bond donors (Lipinski definition) is 1. The Morgan fingerprint density at radius 3 is 2.86 bits per heavy atom. The van der Waals surface area contributed by atoms with Gasteiger partial charge in [0.25, 0.3) is 5.91 Å². The van der Waals surface area contributed by atoms with Gasteiger partial charge in [-0.3, -0.25) is 4.79 Å². The zero-order chi connectivity index (χ0) is 15.4. The van der Waals surface area contributed by atoms with Crippen molar-refractivity contribution >= 4 is 5.91 Å². The third-order valence-electron chi connectivity index (χ3n) is 4.20. The molecule has 21 heavy (non-hydrogen) atoms. The molecule has 1 saturated heterocycles. The summed E-state index contributed by atoms with van der Waals surface area (Å²) < 4.78 is 5.67. The number of amides is 1. The molecule has 4 heteroatoms. The minimum Gasteiger partial charge on any atom is -0.484 e. The molecule has 1 aromatic carbocycles. The van der Waals surface area contributed by atoms with Gasteiger partial charge in [0.15, 0.2) is 6.61 Å². The lowest BCUT2D eigenvalue weighted by Crippen LogP contribution is -2.37. The molecule has 2 unspecified atom stereocenters. The number of benzene rings is 1. The quantitative estimate of drug-likeness (QED) is 0.906. The first kappa shape index (κ1) is 15.8. The van der Waals surface area contributed by atoms with E-state index in [-0.39, 0.29) is 18.6 Å². The molecule has 0 aliphatic carbocycles. The Bertz CT molecular complexity index is 487. The zero-order valence-electron chi connectivity index (χ0n) is 13.2. The number of rotatable bonds is 5. The van der Waals surface area contributed by atoms with Gasteiger partial charge in [-0.2, -0.15) is 0 Å². The highest BCUT2D eigenvalue weighted by molar-refractivity contribution is 5.78. The second-order valence-corrected chi connectivity index (χ2v) is 6.25. The van der Waals surface area contributed by atoms with Gasteiger partial charge in [0.2, 0.25) is 0 Å². The lowest BCUT2D eigenvalue weighted by molar-refractivity contribution is -0.134. The summed E-state index contributed by atoms with van der Waals surface area (Å²) in [6.45, 7) is 7.86. The van der Waals surface area contributed by atoms with E-state index in [1.807, 2.05) is 23.1 Å². The van der Waals surface area contributed by atoms with Crippen LogP contribution in [0.2, 0.25) is 0 Å². The van der Waals surface area contributed by atoms with Crippen LogP contribution in [0.4, 0.5) is 0 Å². The number of carbonyl (C=O) groups excluding carboxylic acids is 1. The van der Waals surface area contributed by atoms with Gasteiger partial charge in [-0.25, -0.2) is 0 Å². The lowest BCUT2D eigenvalue weighted by atomic mass is 10.0. The third-order valence-corrected chi connectivity index (χ3v) is 4.20. The fraction of sp³-hybridized carbons (Fsp3) is 0.588. The molecule has 116 valence electrons. The molecule has 2 atom stereocenters. The van der Waals surface area contributed by atoms with Gasteiger partial charge in [0, 0.05) is 12.6 Å². The van der Waals surface area contributed by atoms with Gasteiger partial charge in [-0.05, 0) is 49.4 Å². The monoisotopic (exact) mass is 290 g/mol.